The summed E-state index contributed by atoms with van der Waals surface area (Å²) in [7, 11) is 0. The first kappa shape index (κ1) is 18.0. The Morgan fingerprint density at radius 2 is 1.96 bits per heavy atom. The second kappa shape index (κ2) is 7.99. The van der Waals surface area contributed by atoms with Crippen molar-refractivity contribution in [1.82, 2.24) is 10.2 Å². The first-order chi connectivity index (χ1) is 11.4. The van der Waals surface area contributed by atoms with Gasteiger partial charge in [-0.15, -0.1) is 0 Å². The van der Waals surface area contributed by atoms with Crippen LogP contribution in [0.2, 0.25) is 0 Å². The normalized spacial score (nSPS) is 15.3. The standard InChI is InChI=1S/C17H19F3N2O2/c18-17(19,20)14-7-4-13(5-8-14)6-9-15(23)21-10-2-12-22-11-1-3-16(22)24/h4-9H,1-3,10-12H2,(H,21,23)/b9-6+. The third kappa shape index (κ3) is 5.40. The number of hydrogen-bond donors (Lipinski definition) is 1. The van der Waals surface area contributed by atoms with Crippen molar-refractivity contribution in [2.24, 2.45) is 0 Å². The van der Waals surface area contributed by atoms with Gasteiger partial charge in [0.1, 0.15) is 0 Å². The summed E-state index contributed by atoms with van der Waals surface area (Å²) < 4.78 is 37.3. The molecule has 1 aliphatic rings. The van der Waals surface area contributed by atoms with Crippen LogP contribution >= 0.6 is 0 Å². The van der Waals surface area contributed by atoms with Crippen LogP contribution in [-0.4, -0.2) is 36.3 Å². The summed E-state index contributed by atoms with van der Waals surface area (Å²) in [5.74, 6) is -0.161. The number of carbonyl (C=O) groups is 2. The Morgan fingerprint density at radius 1 is 1.25 bits per heavy atom. The summed E-state index contributed by atoms with van der Waals surface area (Å²) in [6.07, 6.45) is 0.536. The van der Waals surface area contributed by atoms with Gasteiger partial charge >= 0.3 is 6.18 Å². The second-order valence-corrected chi connectivity index (χ2v) is 5.58. The Hall–Kier alpha value is -2.31. The van der Waals surface area contributed by atoms with E-state index in [2.05, 4.69) is 5.32 Å². The molecule has 1 aromatic rings. The van der Waals surface area contributed by atoms with Gasteiger partial charge in [0.25, 0.3) is 0 Å². The van der Waals surface area contributed by atoms with Crippen LogP contribution in [0.25, 0.3) is 6.08 Å². The van der Waals surface area contributed by atoms with Crippen LogP contribution in [0.3, 0.4) is 0 Å². The molecule has 130 valence electrons. The fourth-order valence-corrected chi connectivity index (χ4v) is 2.44. The van der Waals surface area contributed by atoms with E-state index in [0.29, 0.717) is 31.5 Å². The Bertz CT molecular complexity index is 609. The molecule has 0 saturated carbocycles. The summed E-state index contributed by atoms with van der Waals surface area (Å²) >= 11 is 0. The smallest absolute Gasteiger partial charge is 0.352 e. The molecule has 0 aliphatic carbocycles. The number of hydrogen-bond acceptors (Lipinski definition) is 2. The third-order valence-corrected chi connectivity index (χ3v) is 3.74. The summed E-state index contributed by atoms with van der Waals surface area (Å²) in [6.45, 7) is 1.85. The number of halogens is 3. The maximum Gasteiger partial charge on any atom is 0.416 e. The molecule has 1 fully saturated rings. The molecule has 1 saturated heterocycles. The number of benzene rings is 1. The molecule has 0 bridgehead atoms. The molecule has 0 spiro atoms. The SMILES string of the molecule is O=C(/C=C/c1ccc(C(F)(F)F)cc1)NCCCN1CCCC1=O. The molecular formula is C17H19F3N2O2. The monoisotopic (exact) mass is 340 g/mol. The lowest BCUT2D eigenvalue weighted by molar-refractivity contribution is -0.137. The van der Waals surface area contributed by atoms with E-state index in [0.717, 1.165) is 25.1 Å². The minimum atomic E-state index is -4.36. The number of nitrogens with zero attached hydrogens (tertiary/aromatic N) is 1. The molecule has 1 aliphatic heterocycles. The van der Waals surface area contributed by atoms with Crippen LogP contribution in [0.5, 0.6) is 0 Å². The first-order valence-electron chi connectivity index (χ1n) is 7.77. The zero-order valence-corrected chi connectivity index (χ0v) is 13.1. The van der Waals surface area contributed by atoms with Gasteiger partial charge in [-0.05, 0) is 36.6 Å². The lowest BCUT2D eigenvalue weighted by Crippen LogP contribution is -2.29. The van der Waals surface area contributed by atoms with Gasteiger partial charge in [-0.25, -0.2) is 0 Å². The van der Waals surface area contributed by atoms with Crippen molar-refractivity contribution < 1.29 is 22.8 Å². The van der Waals surface area contributed by atoms with Crippen LogP contribution < -0.4 is 5.32 Å². The number of carbonyl (C=O) groups excluding carboxylic acids is 2. The summed E-state index contributed by atoms with van der Waals surface area (Å²) in [4.78, 5) is 24.8. The van der Waals surface area contributed by atoms with Gasteiger partial charge in [0.05, 0.1) is 5.56 Å². The molecule has 0 radical (unpaired) electrons. The predicted molar refractivity (Wildman–Crippen MR) is 83.9 cm³/mol. The summed E-state index contributed by atoms with van der Waals surface area (Å²) in [5, 5.41) is 2.68. The fourth-order valence-electron chi connectivity index (χ4n) is 2.44. The van der Waals surface area contributed by atoms with Gasteiger partial charge in [0, 0.05) is 32.1 Å². The molecule has 24 heavy (non-hydrogen) atoms. The van der Waals surface area contributed by atoms with Gasteiger partial charge in [-0.1, -0.05) is 12.1 Å². The molecule has 0 atom stereocenters. The lowest BCUT2D eigenvalue weighted by atomic mass is 10.1. The zero-order chi connectivity index (χ0) is 17.6. The van der Waals surface area contributed by atoms with Crippen molar-refractivity contribution in [2.45, 2.75) is 25.4 Å². The number of alkyl halides is 3. The lowest BCUT2D eigenvalue weighted by Gasteiger charge is -2.14. The average Bonchev–Trinajstić information content (AvgIpc) is 2.94. The van der Waals surface area contributed by atoms with Gasteiger partial charge in [0.15, 0.2) is 0 Å². The molecule has 1 heterocycles. The van der Waals surface area contributed by atoms with E-state index in [9.17, 15) is 22.8 Å². The highest BCUT2D eigenvalue weighted by Gasteiger charge is 2.29. The van der Waals surface area contributed by atoms with Crippen molar-refractivity contribution in [3.05, 3.63) is 41.5 Å². The van der Waals surface area contributed by atoms with E-state index in [-0.39, 0.29) is 11.8 Å². The fraction of sp³-hybridized carbons (Fsp3) is 0.412. The molecule has 2 amide bonds. The van der Waals surface area contributed by atoms with Gasteiger partial charge in [-0.3, -0.25) is 9.59 Å². The van der Waals surface area contributed by atoms with E-state index in [4.69, 9.17) is 0 Å². The molecule has 1 N–H and O–H groups in total. The topological polar surface area (TPSA) is 49.4 Å². The van der Waals surface area contributed by atoms with E-state index in [1.807, 2.05) is 0 Å². The Balaban J connectivity index is 1.71. The van der Waals surface area contributed by atoms with Crippen molar-refractivity contribution >= 4 is 17.9 Å². The van der Waals surface area contributed by atoms with Crippen LogP contribution in [0.4, 0.5) is 13.2 Å². The van der Waals surface area contributed by atoms with Crippen molar-refractivity contribution in [2.75, 3.05) is 19.6 Å². The van der Waals surface area contributed by atoms with Crippen LogP contribution in [0.15, 0.2) is 30.3 Å². The molecule has 0 unspecified atom stereocenters. The maximum absolute atomic E-state index is 12.4. The minimum Gasteiger partial charge on any atom is -0.352 e. The zero-order valence-electron chi connectivity index (χ0n) is 13.1. The molecule has 1 aromatic carbocycles. The van der Waals surface area contributed by atoms with Crippen molar-refractivity contribution in [3.8, 4) is 0 Å². The van der Waals surface area contributed by atoms with Crippen molar-refractivity contribution in [3.63, 3.8) is 0 Å². The number of nitrogens with one attached hydrogen (secondary N) is 1. The second-order valence-electron chi connectivity index (χ2n) is 5.58. The number of rotatable bonds is 6. The summed E-state index contributed by atoms with van der Waals surface area (Å²) in [5.41, 5.74) is -0.207. The highest BCUT2D eigenvalue weighted by Crippen LogP contribution is 2.29. The van der Waals surface area contributed by atoms with Crippen LogP contribution in [0, 0.1) is 0 Å². The number of amides is 2. The van der Waals surface area contributed by atoms with Gasteiger partial charge in [0.2, 0.25) is 11.8 Å². The van der Waals surface area contributed by atoms with E-state index in [1.165, 1.54) is 24.3 Å². The Labute approximate surface area is 138 Å². The molecular weight excluding hydrogens is 321 g/mol. The van der Waals surface area contributed by atoms with E-state index in [1.54, 1.807) is 4.90 Å². The van der Waals surface area contributed by atoms with Gasteiger partial charge in [-0.2, -0.15) is 13.2 Å². The average molecular weight is 340 g/mol. The molecule has 7 heteroatoms. The largest absolute Gasteiger partial charge is 0.416 e. The van der Waals surface area contributed by atoms with Crippen LogP contribution in [-0.2, 0) is 15.8 Å². The Morgan fingerprint density at radius 3 is 2.54 bits per heavy atom. The summed E-state index contributed by atoms with van der Waals surface area (Å²) in [6, 6.07) is 4.58. The molecule has 2 rings (SSSR count). The minimum absolute atomic E-state index is 0.156. The highest BCUT2D eigenvalue weighted by molar-refractivity contribution is 5.91. The van der Waals surface area contributed by atoms with E-state index < -0.39 is 11.7 Å². The molecule has 4 nitrogen and oxygen atoms in total. The van der Waals surface area contributed by atoms with Gasteiger partial charge < -0.3 is 10.2 Å². The molecule has 0 aromatic heterocycles. The predicted octanol–water partition coefficient (Wildman–Crippen LogP) is 2.85. The quantitative estimate of drug-likeness (QED) is 0.639. The Kier molecular flexibility index (Phi) is 6.00. The van der Waals surface area contributed by atoms with E-state index >= 15 is 0 Å². The first-order valence-corrected chi connectivity index (χ1v) is 7.77. The highest BCUT2D eigenvalue weighted by atomic mass is 19.4. The number of likely N-dealkylation sites (tertiary alicyclic amines) is 1. The maximum atomic E-state index is 12.4. The third-order valence-electron chi connectivity index (χ3n) is 3.74. The van der Waals surface area contributed by atoms with Crippen molar-refractivity contribution in [1.29, 1.82) is 0 Å². The van der Waals surface area contributed by atoms with Crippen LogP contribution in [0.1, 0.15) is 30.4 Å².